The normalized spacial score (nSPS) is 18.7. The SMILES string of the molecule is COc1c2c(cc3c1[C@@H](Nc1ccc(C(C)C)cc1)N(C)CC3)OCO2. The number of nitrogens with one attached hydrogen (secondary N) is 1. The van der Waals surface area contributed by atoms with Crippen molar-refractivity contribution < 1.29 is 14.2 Å². The van der Waals surface area contributed by atoms with Gasteiger partial charge in [0.1, 0.15) is 6.17 Å². The highest BCUT2D eigenvalue weighted by Crippen LogP contribution is 2.49. The van der Waals surface area contributed by atoms with Crippen molar-refractivity contribution in [2.75, 3.05) is 32.8 Å². The summed E-state index contributed by atoms with van der Waals surface area (Å²) >= 11 is 0. The summed E-state index contributed by atoms with van der Waals surface area (Å²) in [6.07, 6.45) is 0.983. The zero-order valence-corrected chi connectivity index (χ0v) is 15.8. The van der Waals surface area contributed by atoms with E-state index in [1.54, 1.807) is 7.11 Å². The number of benzene rings is 2. The molecule has 1 N–H and O–H groups in total. The number of methoxy groups -OCH3 is 1. The summed E-state index contributed by atoms with van der Waals surface area (Å²) in [5, 5.41) is 3.67. The zero-order valence-electron chi connectivity index (χ0n) is 15.8. The van der Waals surface area contributed by atoms with Crippen molar-refractivity contribution in [3.8, 4) is 17.2 Å². The molecule has 0 unspecified atom stereocenters. The maximum absolute atomic E-state index is 5.75. The molecule has 0 radical (unpaired) electrons. The van der Waals surface area contributed by atoms with Gasteiger partial charge < -0.3 is 19.5 Å². The molecule has 0 spiro atoms. The Labute approximate surface area is 154 Å². The summed E-state index contributed by atoms with van der Waals surface area (Å²) < 4.78 is 17.0. The summed E-state index contributed by atoms with van der Waals surface area (Å²) in [4.78, 5) is 2.31. The Morgan fingerprint density at radius 1 is 1.19 bits per heavy atom. The topological polar surface area (TPSA) is 43.0 Å². The first kappa shape index (κ1) is 17.0. The van der Waals surface area contributed by atoms with Crippen LogP contribution in [0.25, 0.3) is 0 Å². The fourth-order valence-electron chi connectivity index (χ4n) is 3.74. The zero-order chi connectivity index (χ0) is 18.3. The fraction of sp³-hybridized carbons (Fsp3) is 0.429. The molecule has 2 heterocycles. The third kappa shape index (κ3) is 2.86. The third-order valence-electron chi connectivity index (χ3n) is 5.28. The minimum atomic E-state index is 0.0214. The van der Waals surface area contributed by atoms with Crippen LogP contribution >= 0.6 is 0 Å². The summed E-state index contributed by atoms with van der Waals surface area (Å²) in [7, 11) is 3.83. The number of likely N-dealkylation sites (N-methyl/N-ethyl adjacent to an activating group) is 1. The Morgan fingerprint density at radius 3 is 2.65 bits per heavy atom. The second-order valence-corrected chi connectivity index (χ2v) is 7.27. The van der Waals surface area contributed by atoms with Crippen LogP contribution in [0.4, 0.5) is 5.69 Å². The number of hydrogen-bond donors (Lipinski definition) is 1. The van der Waals surface area contributed by atoms with Crippen LogP contribution in [0, 0.1) is 0 Å². The average Bonchev–Trinajstić information content (AvgIpc) is 3.11. The molecule has 2 aliphatic rings. The highest BCUT2D eigenvalue weighted by molar-refractivity contribution is 5.63. The molecule has 2 aromatic rings. The van der Waals surface area contributed by atoms with Crippen molar-refractivity contribution in [1.82, 2.24) is 4.90 Å². The summed E-state index contributed by atoms with van der Waals surface area (Å²) in [5.74, 6) is 2.80. The minimum absolute atomic E-state index is 0.0214. The number of rotatable bonds is 4. The molecular weight excluding hydrogens is 328 g/mol. The van der Waals surface area contributed by atoms with E-state index < -0.39 is 0 Å². The van der Waals surface area contributed by atoms with Gasteiger partial charge in [-0.2, -0.15) is 0 Å². The molecule has 0 saturated carbocycles. The Morgan fingerprint density at radius 2 is 1.96 bits per heavy atom. The van der Waals surface area contributed by atoms with Gasteiger partial charge in [0.05, 0.1) is 7.11 Å². The molecule has 0 fully saturated rings. The predicted octanol–water partition coefficient (Wildman–Crippen LogP) is 4.15. The molecule has 0 saturated heterocycles. The maximum Gasteiger partial charge on any atom is 0.231 e. The lowest BCUT2D eigenvalue weighted by molar-refractivity contribution is 0.170. The van der Waals surface area contributed by atoms with Crippen LogP contribution in [0.5, 0.6) is 17.2 Å². The standard InChI is InChI=1S/C21H26N2O3/c1-13(2)14-5-7-16(8-6-14)22-21-18-15(9-10-23(21)3)11-17-19(20(18)24-4)26-12-25-17/h5-8,11,13,21-22H,9-10,12H2,1-4H3/t21-/m0/s1. The second kappa shape index (κ2) is 6.72. The molecule has 4 rings (SSSR count). The molecule has 2 aliphatic heterocycles. The first-order valence-corrected chi connectivity index (χ1v) is 9.14. The van der Waals surface area contributed by atoms with Crippen molar-refractivity contribution in [2.24, 2.45) is 0 Å². The van der Waals surface area contributed by atoms with Crippen molar-refractivity contribution in [1.29, 1.82) is 0 Å². The van der Waals surface area contributed by atoms with E-state index in [0.29, 0.717) is 11.7 Å². The lowest BCUT2D eigenvalue weighted by Crippen LogP contribution is -2.37. The molecule has 2 aromatic carbocycles. The fourth-order valence-corrected chi connectivity index (χ4v) is 3.74. The van der Waals surface area contributed by atoms with Crippen LogP contribution in [0.3, 0.4) is 0 Å². The van der Waals surface area contributed by atoms with Gasteiger partial charge in [-0.25, -0.2) is 0 Å². The van der Waals surface area contributed by atoms with E-state index in [0.717, 1.165) is 35.7 Å². The molecule has 0 aliphatic carbocycles. The number of hydrogen-bond acceptors (Lipinski definition) is 5. The Bertz CT molecular complexity index is 802. The summed E-state index contributed by atoms with van der Waals surface area (Å²) in [6, 6.07) is 10.8. The van der Waals surface area contributed by atoms with Crippen LogP contribution < -0.4 is 19.5 Å². The Kier molecular flexibility index (Phi) is 4.41. The highest BCUT2D eigenvalue weighted by Gasteiger charge is 2.33. The molecule has 0 bridgehead atoms. The van der Waals surface area contributed by atoms with Crippen LogP contribution in [0.15, 0.2) is 30.3 Å². The van der Waals surface area contributed by atoms with Gasteiger partial charge in [0.25, 0.3) is 0 Å². The molecular formula is C21H26N2O3. The van der Waals surface area contributed by atoms with E-state index in [1.807, 2.05) is 0 Å². The first-order chi connectivity index (χ1) is 12.6. The van der Waals surface area contributed by atoms with Crippen molar-refractivity contribution >= 4 is 5.69 Å². The third-order valence-corrected chi connectivity index (χ3v) is 5.28. The second-order valence-electron chi connectivity index (χ2n) is 7.27. The van der Waals surface area contributed by atoms with Crippen LogP contribution in [-0.2, 0) is 6.42 Å². The first-order valence-electron chi connectivity index (χ1n) is 9.14. The monoisotopic (exact) mass is 354 g/mol. The van der Waals surface area contributed by atoms with Gasteiger partial charge in [0, 0.05) is 17.8 Å². The largest absolute Gasteiger partial charge is 0.492 e. The highest BCUT2D eigenvalue weighted by atomic mass is 16.7. The quantitative estimate of drug-likeness (QED) is 0.894. The number of ether oxygens (including phenoxy) is 3. The molecule has 5 nitrogen and oxygen atoms in total. The maximum atomic E-state index is 5.75. The predicted molar refractivity (Wildman–Crippen MR) is 102 cm³/mol. The van der Waals surface area contributed by atoms with Crippen molar-refractivity contribution in [3.63, 3.8) is 0 Å². The van der Waals surface area contributed by atoms with Crippen LogP contribution in [-0.4, -0.2) is 32.4 Å². The van der Waals surface area contributed by atoms with E-state index in [1.165, 1.54) is 11.1 Å². The lowest BCUT2D eigenvalue weighted by Gasteiger charge is -2.36. The number of nitrogens with zero attached hydrogens (tertiary/aromatic N) is 1. The van der Waals surface area contributed by atoms with Crippen LogP contribution in [0.2, 0.25) is 0 Å². The van der Waals surface area contributed by atoms with Gasteiger partial charge in [-0.1, -0.05) is 26.0 Å². The van der Waals surface area contributed by atoms with Gasteiger partial charge in [-0.3, -0.25) is 4.90 Å². The summed E-state index contributed by atoms with van der Waals surface area (Å²) in [5.41, 5.74) is 4.83. The molecule has 138 valence electrons. The van der Waals surface area contributed by atoms with E-state index >= 15 is 0 Å². The van der Waals surface area contributed by atoms with Crippen molar-refractivity contribution in [2.45, 2.75) is 32.4 Å². The minimum Gasteiger partial charge on any atom is -0.492 e. The molecule has 26 heavy (non-hydrogen) atoms. The Balaban J connectivity index is 1.71. The lowest BCUT2D eigenvalue weighted by atomic mass is 9.94. The van der Waals surface area contributed by atoms with E-state index in [9.17, 15) is 0 Å². The number of fused-ring (bicyclic) bond motifs is 2. The molecule has 0 amide bonds. The van der Waals surface area contributed by atoms with Gasteiger partial charge in [0.2, 0.25) is 12.5 Å². The van der Waals surface area contributed by atoms with E-state index in [-0.39, 0.29) is 13.0 Å². The van der Waals surface area contributed by atoms with Crippen LogP contribution in [0.1, 0.15) is 42.6 Å². The number of anilines is 1. The van der Waals surface area contributed by atoms with Crippen molar-refractivity contribution in [3.05, 3.63) is 47.0 Å². The smallest absolute Gasteiger partial charge is 0.231 e. The van der Waals surface area contributed by atoms with Gasteiger partial charge >= 0.3 is 0 Å². The molecule has 1 atom stereocenters. The van der Waals surface area contributed by atoms with Gasteiger partial charge in [0.15, 0.2) is 11.5 Å². The average molecular weight is 354 g/mol. The van der Waals surface area contributed by atoms with E-state index in [4.69, 9.17) is 14.2 Å². The molecule has 0 aromatic heterocycles. The molecule has 5 heteroatoms. The van der Waals surface area contributed by atoms with E-state index in [2.05, 4.69) is 61.4 Å². The Hall–Kier alpha value is -2.40. The summed E-state index contributed by atoms with van der Waals surface area (Å²) in [6.45, 7) is 5.64. The van der Waals surface area contributed by atoms with Gasteiger partial charge in [-0.15, -0.1) is 0 Å². The van der Waals surface area contributed by atoms with Gasteiger partial charge in [-0.05, 0) is 48.7 Å².